The molecule has 1 N–H and O–H groups in total. The Hall–Kier alpha value is -6.62. The number of halogens is 2. The van der Waals surface area contributed by atoms with Gasteiger partial charge in [0.15, 0.2) is 0 Å². The maximum Gasteiger partial charge on any atom is 0.341 e. The Morgan fingerprint density at radius 3 is 2.31 bits per heavy atom. The molecule has 1 aliphatic rings. The van der Waals surface area contributed by atoms with Crippen molar-refractivity contribution in [2.24, 2.45) is 7.05 Å². The highest BCUT2D eigenvalue weighted by Gasteiger charge is 2.36. The molecule has 6 rings (SSSR count). The van der Waals surface area contributed by atoms with Crippen LogP contribution in [0.5, 0.6) is 23.3 Å². The fourth-order valence-electron chi connectivity index (χ4n) is 6.34. The van der Waals surface area contributed by atoms with Crippen molar-refractivity contribution < 1.29 is 37.3 Å². The number of anilines is 1. The topological polar surface area (TPSA) is 150 Å². The number of aromatic nitrogens is 4. The number of hydrogen-bond acceptors (Lipinski definition) is 10. The van der Waals surface area contributed by atoms with Crippen LogP contribution in [-0.4, -0.2) is 45.8 Å². The third-order valence-electron chi connectivity index (χ3n) is 8.57. The van der Waals surface area contributed by atoms with E-state index in [1.165, 1.54) is 56.4 Å². The second kappa shape index (κ2) is 16.8. The van der Waals surface area contributed by atoms with Gasteiger partial charge in [-0.2, -0.15) is 10.4 Å². The van der Waals surface area contributed by atoms with Gasteiger partial charge in [-0.3, -0.25) is 9.48 Å². The van der Waals surface area contributed by atoms with E-state index in [4.69, 9.17) is 18.9 Å². The molecule has 0 aliphatic heterocycles. The second-order valence-corrected chi connectivity index (χ2v) is 12.9. The van der Waals surface area contributed by atoms with E-state index in [1.54, 1.807) is 48.5 Å². The Kier molecular flexibility index (Phi) is 12.0. The largest absolute Gasteiger partial charge is 0.503 e. The van der Waals surface area contributed by atoms with Crippen molar-refractivity contribution in [2.75, 3.05) is 19.5 Å². The molecule has 0 saturated heterocycles. The number of benzene rings is 3. The number of esters is 1. The lowest BCUT2D eigenvalue weighted by molar-refractivity contribution is -0.133. The summed E-state index contributed by atoms with van der Waals surface area (Å²) < 4.78 is 48.7. The minimum atomic E-state index is -2.79. The van der Waals surface area contributed by atoms with Crippen LogP contribution in [0.2, 0.25) is 0 Å². The molecule has 0 radical (unpaired) electrons. The average molecular weight is 737 g/mol. The lowest BCUT2D eigenvalue weighted by Gasteiger charge is -2.19. The number of nitriles is 1. The standard InChI is InChI=1S/C22H17N3O5.C18H21F2N3O/c1-27-13-17(22(26)28-2)16-8-4-6-10-19(16)30-21-11-20(24-14-25-21)29-18-9-5-3-7-15(18)12-23;1-10-8-18(2,3)12-6-5-7-13(14(10)12)21-17(24)11-9-23(4)22-15(11)16(19)20/h3-11,13-14H,1-2H3;5-7,9-10,16H,8H2,1-4H3,(H,21,24)/b17-13+;. The normalized spacial score (nSPS) is 14.2. The Bertz CT molecular complexity index is 2230. The van der Waals surface area contributed by atoms with Gasteiger partial charge in [0.1, 0.15) is 35.2 Å². The summed E-state index contributed by atoms with van der Waals surface area (Å²) in [5.41, 5.74) is 3.47. The molecule has 0 fully saturated rings. The van der Waals surface area contributed by atoms with Crippen LogP contribution in [0.1, 0.15) is 77.8 Å². The molecule has 2 aromatic heterocycles. The number of hydrogen-bond donors (Lipinski definition) is 1. The lowest BCUT2D eigenvalue weighted by atomic mass is 9.86. The molecule has 278 valence electrons. The minimum absolute atomic E-state index is 0.0396. The number of nitrogens with zero attached hydrogens (tertiary/aromatic N) is 5. The molecule has 14 heteroatoms. The summed E-state index contributed by atoms with van der Waals surface area (Å²) in [6.07, 6.45) is 2.08. The maximum absolute atomic E-state index is 13.1. The zero-order valence-corrected chi connectivity index (χ0v) is 30.5. The summed E-state index contributed by atoms with van der Waals surface area (Å²) in [6, 6.07) is 23.0. The molecule has 2 heterocycles. The number of carbonyl (C=O) groups is 2. The van der Waals surface area contributed by atoms with Crippen molar-refractivity contribution in [3.8, 4) is 29.3 Å². The van der Waals surface area contributed by atoms with Crippen LogP contribution in [0, 0.1) is 11.3 Å². The molecule has 5 aromatic rings. The molecule has 1 amide bonds. The quantitative estimate of drug-likeness (QED) is 0.0840. The smallest absolute Gasteiger partial charge is 0.341 e. The number of aryl methyl sites for hydroxylation is 1. The summed E-state index contributed by atoms with van der Waals surface area (Å²) in [5.74, 6) is 0.269. The van der Waals surface area contributed by atoms with Crippen LogP contribution in [-0.2, 0) is 26.7 Å². The molecule has 1 atom stereocenters. The summed E-state index contributed by atoms with van der Waals surface area (Å²) in [4.78, 5) is 32.8. The average Bonchev–Trinajstić information content (AvgIpc) is 3.67. The van der Waals surface area contributed by atoms with Gasteiger partial charge in [0.2, 0.25) is 11.8 Å². The summed E-state index contributed by atoms with van der Waals surface area (Å²) >= 11 is 0. The van der Waals surface area contributed by atoms with Gasteiger partial charge in [-0.05, 0) is 53.1 Å². The molecular formula is C40H38F2N6O6. The van der Waals surface area contributed by atoms with Crippen LogP contribution in [0.15, 0.2) is 91.6 Å². The Morgan fingerprint density at radius 1 is 0.981 bits per heavy atom. The van der Waals surface area contributed by atoms with Crippen molar-refractivity contribution in [3.63, 3.8) is 0 Å². The van der Waals surface area contributed by atoms with Crippen LogP contribution in [0.4, 0.5) is 14.5 Å². The first-order chi connectivity index (χ1) is 25.9. The van der Waals surface area contributed by atoms with Crippen molar-refractivity contribution in [1.82, 2.24) is 19.7 Å². The van der Waals surface area contributed by atoms with Crippen molar-refractivity contribution >= 4 is 23.1 Å². The van der Waals surface area contributed by atoms with Gasteiger partial charge in [0, 0.05) is 24.5 Å². The van der Waals surface area contributed by atoms with Crippen LogP contribution in [0.25, 0.3) is 5.57 Å². The molecule has 0 spiro atoms. The number of methoxy groups -OCH3 is 2. The second-order valence-electron chi connectivity index (χ2n) is 12.9. The first-order valence-corrected chi connectivity index (χ1v) is 16.7. The molecule has 0 bridgehead atoms. The van der Waals surface area contributed by atoms with Gasteiger partial charge < -0.3 is 24.3 Å². The van der Waals surface area contributed by atoms with Crippen molar-refractivity contribution in [1.29, 1.82) is 5.26 Å². The predicted molar refractivity (Wildman–Crippen MR) is 195 cm³/mol. The molecule has 1 aliphatic carbocycles. The fraction of sp³-hybridized carbons (Fsp3) is 0.250. The van der Waals surface area contributed by atoms with E-state index in [-0.39, 0.29) is 28.3 Å². The van der Waals surface area contributed by atoms with Gasteiger partial charge >= 0.3 is 5.97 Å². The molecular weight excluding hydrogens is 698 g/mol. The van der Waals surface area contributed by atoms with Crippen molar-refractivity contribution in [2.45, 2.75) is 45.0 Å². The summed E-state index contributed by atoms with van der Waals surface area (Å²) in [7, 11) is 4.23. The number of amides is 1. The SMILES string of the molecule is CC1CC(C)(C)c2cccc(NC(=O)c3cn(C)nc3C(F)F)c21.CO/C=C(/C(=O)OC)c1ccccc1Oc1cc(Oc2ccccc2C#N)ncn1. The van der Waals surface area contributed by atoms with Gasteiger partial charge in [-0.15, -0.1) is 0 Å². The van der Waals surface area contributed by atoms with E-state index in [0.717, 1.165) is 12.0 Å². The first kappa shape index (κ1) is 38.6. The van der Waals surface area contributed by atoms with Crippen LogP contribution in [0.3, 0.4) is 0 Å². The highest BCUT2D eigenvalue weighted by Crippen LogP contribution is 2.48. The number of alkyl halides is 2. The first-order valence-electron chi connectivity index (χ1n) is 16.7. The van der Waals surface area contributed by atoms with Gasteiger partial charge in [0.05, 0.1) is 37.7 Å². The number of nitrogens with one attached hydrogen (secondary N) is 1. The monoisotopic (exact) mass is 736 g/mol. The summed E-state index contributed by atoms with van der Waals surface area (Å²) in [6.45, 7) is 6.48. The van der Waals surface area contributed by atoms with Gasteiger partial charge in [-0.25, -0.2) is 23.5 Å². The Labute approximate surface area is 311 Å². The zero-order chi connectivity index (χ0) is 39.0. The molecule has 3 aromatic carbocycles. The zero-order valence-electron chi connectivity index (χ0n) is 30.5. The summed E-state index contributed by atoms with van der Waals surface area (Å²) in [5, 5.41) is 15.7. The number of carbonyl (C=O) groups excluding carboxylic acids is 2. The highest BCUT2D eigenvalue weighted by atomic mass is 19.3. The molecule has 1 unspecified atom stereocenters. The van der Waals surface area contributed by atoms with Crippen LogP contribution < -0.4 is 14.8 Å². The molecule has 54 heavy (non-hydrogen) atoms. The van der Waals surface area contributed by atoms with E-state index in [0.29, 0.717) is 34.2 Å². The highest BCUT2D eigenvalue weighted by molar-refractivity contribution is 6.17. The van der Waals surface area contributed by atoms with E-state index in [1.807, 2.05) is 12.1 Å². The number of rotatable bonds is 10. The van der Waals surface area contributed by atoms with E-state index >= 15 is 0 Å². The number of ether oxygens (including phenoxy) is 4. The minimum Gasteiger partial charge on any atom is -0.503 e. The predicted octanol–water partition coefficient (Wildman–Crippen LogP) is 8.49. The number of fused-ring (bicyclic) bond motifs is 1. The fourth-order valence-corrected chi connectivity index (χ4v) is 6.34. The van der Waals surface area contributed by atoms with E-state index in [2.05, 4.69) is 53.3 Å². The number of para-hydroxylation sites is 2. The lowest BCUT2D eigenvalue weighted by Crippen LogP contribution is -2.16. The van der Waals surface area contributed by atoms with Gasteiger partial charge in [-0.1, -0.05) is 63.2 Å². The van der Waals surface area contributed by atoms with Gasteiger partial charge in [0.25, 0.3) is 12.3 Å². The Balaban J connectivity index is 0.000000213. The Morgan fingerprint density at radius 2 is 1.65 bits per heavy atom. The van der Waals surface area contributed by atoms with E-state index in [9.17, 15) is 23.6 Å². The molecule has 0 saturated carbocycles. The molecule has 12 nitrogen and oxygen atoms in total. The third kappa shape index (κ3) is 8.70. The van der Waals surface area contributed by atoms with Crippen molar-refractivity contribution in [3.05, 3.63) is 125 Å². The van der Waals surface area contributed by atoms with E-state index < -0.39 is 24.0 Å². The third-order valence-corrected chi connectivity index (χ3v) is 8.57. The maximum atomic E-state index is 13.1. The van der Waals surface area contributed by atoms with Crippen LogP contribution >= 0.6 is 0 Å².